The summed E-state index contributed by atoms with van der Waals surface area (Å²) < 4.78 is 73.8. The van der Waals surface area contributed by atoms with Crippen molar-refractivity contribution in [3.05, 3.63) is 28.8 Å². The molecule has 1 rings (SSSR count). The van der Waals surface area contributed by atoms with E-state index in [4.69, 9.17) is 5.26 Å². The van der Waals surface area contributed by atoms with Crippen molar-refractivity contribution < 1.29 is 26.3 Å². The molecule has 1 aromatic rings. The third-order valence-electron chi connectivity index (χ3n) is 1.63. The Morgan fingerprint density at radius 1 is 1.31 bits per heavy atom. The van der Waals surface area contributed by atoms with Crippen LogP contribution in [0.15, 0.2) is 6.07 Å². The normalized spacial score (nSPS) is 11.6. The van der Waals surface area contributed by atoms with Crippen molar-refractivity contribution in [2.24, 2.45) is 0 Å². The lowest BCUT2D eigenvalue weighted by Crippen LogP contribution is -2.14. The second-order valence-electron chi connectivity index (χ2n) is 2.67. The standard InChI is InChI=1S/C8H2F6N2/c9-5-1-3(7(10)11)4(2-15)6(16-5)8(12,13)14/h1,7H. The Labute approximate surface area is 85.1 Å². The molecule has 0 aliphatic carbocycles. The monoisotopic (exact) mass is 240 g/mol. The fourth-order valence-corrected chi connectivity index (χ4v) is 1.03. The van der Waals surface area contributed by atoms with Crippen LogP contribution in [0.4, 0.5) is 26.3 Å². The van der Waals surface area contributed by atoms with Gasteiger partial charge >= 0.3 is 6.18 Å². The molecule has 0 fully saturated rings. The van der Waals surface area contributed by atoms with Crippen LogP contribution >= 0.6 is 0 Å². The molecule has 0 aromatic carbocycles. The van der Waals surface area contributed by atoms with Gasteiger partial charge in [-0.25, -0.2) is 13.8 Å². The Balaban J connectivity index is 3.57. The van der Waals surface area contributed by atoms with Gasteiger partial charge in [0.25, 0.3) is 6.43 Å². The average Bonchev–Trinajstić information content (AvgIpc) is 2.14. The summed E-state index contributed by atoms with van der Waals surface area (Å²) in [4.78, 5) is 2.41. The Hall–Kier alpha value is -1.78. The van der Waals surface area contributed by atoms with Crippen molar-refractivity contribution in [2.45, 2.75) is 12.6 Å². The highest BCUT2D eigenvalue weighted by Gasteiger charge is 2.38. The van der Waals surface area contributed by atoms with Crippen LogP contribution in [0.3, 0.4) is 0 Å². The third-order valence-corrected chi connectivity index (χ3v) is 1.63. The zero-order valence-corrected chi connectivity index (χ0v) is 7.32. The number of nitrogens with zero attached hydrogens (tertiary/aromatic N) is 2. The summed E-state index contributed by atoms with van der Waals surface area (Å²) in [7, 11) is 0. The number of hydrogen-bond donors (Lipinski definition) is 0. The van der Waals surface area contributed by atoms with Crippen LogP contribution in [0.2, 0.25) is 0 Å². The van der Waals surface area contributed by atoms with Crippen LogP contribution < -0.4 is 0 Å². The van der Waals surface area contributed by atoms with E-state index in [1.54, 1.807) is 0 Å². The van der Waals surface area contributed by atoms with E-state index < -0.39 is 35.4 Å². The SMILES string of the molecule is N#Cc1c(C(F)F)cc(F)nc1C(F)(F)F. The van der Waals surface area contributed by atoms with Gasteiger partial charge in [-0.05, 0) is 0 Å². The molecule has 16 heavy (non-hydrogen) atoms. The smallest absolute Gasteiger partial charge is 0.214 e. The first kappa shape index (κ1) is 12.3. The predicted molar refractivity (Wildman–Crippen MR) is 38.9 cm³/mol. The van der Waals surface area contributed by atoms with Gasteiger partial charge in [0, 0.05) is 11.6 Å². The lowest BCUT2D eigenvalue weighted by atomic mass is 10.1. The van der Waals surface area contributed by atoms with E-state index in [1.807, 2.05) is 0 Å². The van der Waals surface area contributed by atoms with Crippen molar-refractivity contribution in [3.8, 4) is 6.07 Å². The van der Waals surface area contributed by atoms with Crippen LogP contribution in [0.25, 0.3) is 0 Å². The summed E-state index contributed by atoms with van der Waals surface area (Å²) >= 11 is 0. The largest absolute Gasteiger partial charge is 0.434 e. The Kier molecular flexibility index (Phi) is 3.07. The second-order valence-corrected chi connectivity index (χ2v) is 2.67. The van der Waals surface area contributed by atoms with Crippen molar-refractivity contribution in [3.63, 3.8) is 0 Å². The molecule has 2 nitrogen and oxygen atoms in total. The fraction of sp³-hybridized carbons (Fsp3) is 0.250. The summed E-state index contributed by atoms with van der Waals surface area (Å²) in [6.45, 7) is 0. The summed E-state index contributed by atoms with van der Waals surface area (Å²) in [5, 5.41) is 8.36. The molecule has 0 amide bonds. The predicted octanol–water partition coefficient (Wildman–Crippen LogP) is 3.05. The van der Waals surface area contributed by atoms with Gasteiger partial charge in [0.05, 0.1) is 5.56 Å². The highest BCUT2D eigenvalue weighted by Crippen LogP contribution is 2.34. The summed E-state index contributed by atoms with van der Waals surface area (Å²) in [6.07, 6.45) is -8.54. The first-order valence-electron chi connectivity index (χ1n) is 3.73. The Bertz CT molecular complexity index is 445. The maximum atomic E-state index is 12.6. The van der Waals surface area contributed by atoms with Crippen molar-refractivity contribution in [1.82, 2.24) is 4.98 Å². The first-order chi connectivity index (χ1) is 7.27. The minimum Gasteiger partial charge on any atom is -0.214 e. The lowest BCUT2D eigenvalue weighted by Gasteiger charge is -2.10. The topological polar surface area (TPSA) is 36.7 Å². The fourth-order valence-electron chi connectivity index (χ4n) is 1.03. The molecule has 0 N–H and O–H groups in total. The molecule has 0 saturated carbocycles. The quantitative estimate of drug-likeness (QED) is 0.558. The molecular weight excluding hydrogens is 238 g/mol. The second kappa shape index (κ2) is 4.00. The number of aromatic nitrogens is 1. The van der Waals surface area contributed by atoms with E-state index in [1.165, 1.54) is 0 Å². The van der Waals surface area contributed by atoms with Crippen LogP contribution in [-0.4, -0.2) is 4.98 Å². The molecular formula is C8H2F6N2. The van der Waals surface area contributed by atoms with Crippen LogP contribution in [-0.2, 0) is 6.18 Å². The molecule has 0 atom stereocenters. The molecule has 0 spiro atoms. The average molecular weight is 240 g/mol. The van der Waals surface area contributed by atoms with Gasteiger partial charge in [0.1, 0.15) is 6.07 Å². The molecule has 86 valence electrons. The van der Waals surface area contributed by atoms with Gasteiger partial charge in [0.2, 0.25) is 5.95 Å². The number of rotatable bonds is 1. The van der Waals surface area contributed by atoms with Crippen molar-refractivity contribution >= 4 is 0 Å². The number of alkyl halides is 5. The molecule has 0 saturated heterocycles. The summed E-state index contributed by atoms with van der Waals surface area (Å²) in [5.41, 5.74) is -4.61. The maximum absolute atomic E-state index is 12.6. The molecule has 8 heteroatoms. The molecule has 0 aliphatic heterocycles. The molecule has 0 aliphatic rings. The lowest BCUT2D eigenvalue weighted by molar-refractivity contribution is -0.141. The molecule has 1 heterocycles. The number of pyridine rings is 1. The van der Waals surface area contributed by atoms with Crippen molar-refractivity contribution in [1.29, 1.82) is 5.26 Å². The molecule has 1 aromatic heterocycles. The van der Waals surface area contributed by atoms with Crippen LogP contribution in [0.5, 0.6) is 0 Å². The Morgan fingerprint density at radius 3 is 2.25 bits per heavy atom. The van der Waals surface area contributed by atoms with E-state index in [9.17, 15) is 26.3 Å². The van der Waals surface area contributed by atoms with Crippen LogP contribution in [0.1, 0.15) is 23.2 Å². The number of hydrogen-bond acceptors (Lipinski definition) is 2. The molecule has 0 bridgehead atoms. The Morgan fingerprint density at radius 2 is 1.88 bits per heavy atom. The van der Waals surface area contributed by atoms with E-state index >= 15 is 0 Å². The van der Waals surface area contributed by atoms with Gasteiger partial charge in [-0.15, -0.1) is 0 Å². The van der Waals surface area contributed by atoms with Crippen LogP contribution in [0, 0.1) is 17.3 Å². The first-order valence-corrected chi connectivity index (χ1v) is 3.73. The highest BCUT2D eigenvalue weighted by molar-refractivity contribution is 5.42. The highest BCUT2D eigenvalue weighted by atomic mass is 19.4. The summed E-state index contributed by atoms with van der Waals surface area (Å²) in [6, 6.07) is 1.06. The van der Waals surface area contributed by atoms with Gasteiger partial charge in [0.15, 0.2) is 5.69 Å². The minimum absolute atomic E-state index is 0.110. The molecule has 0 radical (unpaired) electrons. The zero-order valence-electron chi connectivity index (χ0n) is 7.32. The van der Waals surface area contributed by atoms with Gasteiger partial charge in [-0.1, -0.05) is 0 Å². The van der Waals surface area contributed by atoms with Crippen molar-refractivity contribution in [2.75, 3.05) is 0 Å². The zero-order chi connectivity index (χ0) is 12.5. The maximum Gasteiger partial charge on any atom is 0.434 e. The minimum atomic E-state index is -5.16. The number of halogens is 6. The van der Waals surface area contributed by atoms with Gasteiger partial charge in [-0.3, -0.25) is 0 Å². The van der Waals surface area contributed by atoms with E-state index in [2.05, 4.69) is 4.98 Å². The molecule has 0 unspecified atom stereocenters. The van der Waals surface area contributed by atoms with E-state index in [0.717, 1.165) is 6.07 Å². The van der Waals surface area contributed by atoms with Gasteiger partial charge in [-0.2, -0.15) is 22.8 Å². The van der Waals surface area contributed by atoms with E-state index in [-0.39, 0.29) is 6.07 Å². The third kappa shape index (κ3) is 2.24. The number of nitriles is 1. The summed E-state index contributed by atoms with van der Waals surface area (Å²) in [5.74, 6) is -1.71. The van der Waals surface area contributed by atoms with E-state index in [0.29, 0.717) is 0 Å². The van der Waals surface area contributed by atoms with Gasteiger partial charge < -0.3 is 0 Å².